The van der Waals surface area contributed by atoms with Crippen LogP contribution in [0.15, 0.2) is 30.3 Å². The van der Waals surface area contributed by atoms with Gasteiger partial charge in [-0.2, -0.15) is 0 Å². The van der Waals surface area contributed by atoms with Crippen LogP contribution in [-0.2, 0) is 0 Å². The highest BCUT2D eigenvalue weighted by Gasteiger charge is 2.13. The molecule has 0 aliphatic heterocycles. The van der Waals surface area contributed by atoms with Crippen LogP contribution in [0.25, 0.3) is 0 Å². The Kier molecular flexibility index (Phi) is 6.23. The van der Waals surface area contributed by atoms with Gasteiger partial charge in [-0.05, 0) is 24.3 Å². The number of benzene rings is 1. The van der Waals surface area contributed by atoms with Gasteiger partial charge in [0, 0.05) is 12.6 Å². The Balaban J connectivity index is 2.61. The van der Waals surface area contributed by atoms with Crippen molar-refractivity contribution in [3.05, 3.63) is 35.9 Å². The van der Waals surface area contributed by atoms with Gasteiger partial charge in [-0.25, -0.2) is 0 Å². The second kappa shape index (κ2) is 7.46. The Morgan fingerprint density at radius 2 is 1.82 bits per heavy atom. The van der Waals surface area contributed by atoms with E-state index in [1.165, 1.54) is 5.56 Å². The molecule has 2 heteroatoms. The molecular formula is C15H25NO. The minimum Gasteiger partial charge on any atom is -0.392 e. The van der Waals surface area contributed by atoms with Gasteiger partial charge >= 0.3 is 0 Å². The molecule has 17 heavy (non-hydrogen) atoms. The maximum Gasteiger partial charge on any atom is 0.0662 e. The van der Waals surface area contributed by atoms with Gasteiger partial charge in [-0.1, -0.05) is 51.1 Å². The lowest BCUT2D eigenvalue weighted by Crippen LogP contribution is -2.30. The molecule has 1 aromatic carbocycles. The summed E-state index contributed by atoms with van der Waals surface area (Å²) in [5.74, 6) is 0.645. The Labute approximate surface area is 105 Å². The number of aliphatic hydroxyl groups excluding tert-OH is 1. The number of rotatable bonds is 7. The molecule has 0 aliphatic carbocycles. The third-order valence-electron chi connectivity index (χ3n) is 2.98. The van der Waals surface area contributed by atoms with Crippen molar-refractivity contribution in [3.8, 4) is 0 Å². The van der Waals surface area contributed by atoms with Crippen LogP contribution in [0.1, 0.15) is 45.2 Å². The molecule has 0 heterocycles. The molecule has 2 nitrogen and oxygen atoms in total. The highest BCUT2D eigenvalue weighted by molar-refractivity contribution is 5.18. The summed E-state index contributed by atoms with van der Waals surface area (Å²) >= 11 is 0. The summed E-state index contributed by atoms with van der Waals surface area (Å²) in [6, 6.07) is 10.8. The van der Waals surface area contributed by atoms with Gasteiger partial charge in [0.25, 0.3) is 0 Å². The zero-order chi connectivity index (χ0) is 12.7. The van der Waals surface area contributed by atoms with Crippen LogP contribution in [0, 0.1) is 5.92 Å². The average Bonchev–Trinajstić information content (AvgIpc) is 2.34. The van der Waals surface area contributed by atoms with E-state index in [9.17, 15) is 5.11 Å². The van der Waals surface area contributed by atoms with Crippen molar-refractivity contribution in [2.24, 2.45) is 5.92 Å². The van der Waals surface area contributed by atoms with E-state index in [1.807, 2.05) is 13.0 Å². The maximum absolute atomic E-state index is 9.63. The van der Waals surface area contributed by atoms with Crippen LogP contribution in [0.4, 0.5) is 0 Å². The molecule has 0 saturated heterocycles. The average molecular weight is 235 g/mol. The first kappa shape index (κ1) is 14.2. The van der Waals surface area contributed by atoms with Crippen LogP contribution in [0.5, 0.6) is 0 Å². The predicted molar refractivity (Wildman–Crippen MR) is 72.9 cm³/mol. The van der Waals surface area contributed by atoms with Crippen LogP contribution in [0.3, 0.4) is 0 Å². The van der Waals surface area contributed by atoms with E-state index in [0.717, 1.165) is 12.8 Å². The molecule has 2 N–H and O–H groups in total. The number of nitrogens with one attached hydrogen (secondary N) is 1. The Morgan fingerprint density at radius 3 is 2.35 bits per heavy atom. The fourth-order valence-corrected chi connectivity index (χ4v) is 1.92. The molecule has 2 unspecified atom stereocenters. The Morgan fingerprint density at radius 1 is 1.18 bits per heavy atom. The summed E-state index contributed by atoms with van der Waals surface area (Å²) in [4.78, 5) is 0. The smallest absolute Gasteiger partial charge is 0.0662 e. The molecule has 0 aromatic heterocycles. The zero-order valence-corrected chi connectivity index (χ0v) is 11.2. The van der Waals surface area contributed by atoms with Gasteiger partial charge in [0.2, 0.25) is 0 Å². The van der Waals surface area contributed by atoms with E-state index >= 15 is 0 Å². The summed E-state index contributed by atoms with van der Waals surface area (Å²) in [5.41, 5.74) is 1.31. The quantitative estimate of drug-likeness (QED) is 0.761. The minimum absolute atomic E-state index is 0.242. The molecule has 1 rings (SSSR count). The largest absolute Gasteiger partial charge is 0.392 e. The van der Waals surface area contributed by atoms with Gasteiger partial charge in [-0.15, -0.1) is 0 Å². The summed E-state index contributed by atoms with van der Waals surface area (Å²) in [6.07, 6.45) is 1.66. The van der Waals surface area contributed by atoms with E-state index in [-0.39, 0.29) is 6.10 Å². The van der Waals surface area contributed by atoms with Crippen molar-refractivity contribution in [1.29, 1.82) is 0 Å². The third-order valence-corrected chi connectivity index (χ3v) is 2.98. The lowest BCUT2D eigenvalue weighted by Gasteiger charge is -2.22. The topological polar surface area (TPSA) is 32.3 Å². The van der Waals surface area contributed by atoms with E-state index < -0.39 is 0 Å². The third kappa shape index (κ3) is 5.33. The van der Waals surface area contributed by atoms with E-state index in [4.69, 9.17) is 0 Å². The van der Waals surface area contributed by atoms with Crippen molar-refractivity contribution in [3.63, 3.8) is 0 Å². The zero-order valence-electron chi connectivity index (χ0n) is 11.2. The van der Waals surface area contributed by atoms with Crippen LogP contribution in [-0.4, -0.2) is 17.8 Å². The van der Waals surface area contributed by atoms with Crippen LogP contribution >= 0.6 is 0 Å². The number of hydrogen-bond acceptors (Lipinski definition) is 2. The first-order valence-corrected chi connectivity index (χ1v) is 6.59. The molecule has 1 aromatic rings. The molecule has 0 fully saturated rings. The number of hydrogen-bond donors (Lipinski definition) is 2. The Bertz CT molecular complexity index is 297. The first-order chi connectivity index (χ1) is 8.13. The molecular weight excluding hydrogens is 210 g/mol. The second-order valence-electron chi connectivity index (χ2n) is 5.06. The van der Waals surface area contributed by atoms with Crippen LogP contribution in [0.2, 0.25) is 0 Å². The van der Waals surface area contributed by atoms with Gasteiger partial charge in [0.15, 0.2) is 0 Å². The summed E-state index contributed by atoms with van der Waals surface area (Å²) in [5, 5.41) is 13.1. The number of aliphatic hydroxyl groups is 1. The molecule has 0 spiro atoms. The predicted octanol–water partition coefficient (Wildman–Crippen LogP) is 3.13. The van der Waals surface area contributed by atoms with Gasteiger partial charge in [0.05, 0.1) is 6.10 Å². The van der Waals surface area contributed by atoms with E-state index in [1.54, 1.807) is 0 Å². The van der Waals surface area contributed by atoms with Gasteiger partial charge < -0.3 is 10.4 Å². The highest BCUT2D eigenvalue weighted by Crippen LogP contribution is 2.20. The molecule has 0 saturated carbocycles. The van der Waals surface area contributed by atoms with Crippen LogP contribution < -0.4 is 5.32 Å². The van der Waals surface area contributed by atoms with Crippen molar-refractivity contribution < 1.29 is 5.11 Å². The lowest BCUT2D eigenvalue weighted by molar-refractivity contribution is 0.161. The van der Waals surface area contributed by atoms with Gasteiger partial charge in [0.1, 0.15) is 0 Å². The SMILES string of the molecule is CCC(O)CNC(CC(C)C)c1ccccc1. The fraction of sp³-hybridized carbons (Fsp3) is 0.600. The minimum atomic E-state index is -0.242. The van der Waals surface area contributed by atoms with Crippen molar-refractivity contribution in [2.45, 2.75) is 45.8 Å². The molecule has 0 radical (unpaired) electrons. The molecule has 0 amide bonds. The summed E-state index contributed by atoms with van der Waals surface area (Å²) < 4.78 is 0. The monoisotopic (exact) mass is 235 g/mol. The van der Waals surface area contributed by atoms with Crippen molar-refractivity contribution in [1.82, 2.24) is 5.32 Å². The Hall–Kier alpha value is -0.860. The first-order valence-electron chi connectivity index (χ1n) is 6.59. The highest BCUT2D eigenvalue weighted by atomic mass is 16.3. The standard InChI is InChI=1S/C15H25NO/c1-4-14(17)11-16-15(10-12(2)3)13-8-6-5-7-9-13/h5-9,12,14-17H,4,10-11H2,1-3H3. The van der Waals surface area contributed by atoms with Crippen molar-refractivity contribution >= 4 is 0 Å². The molecule has 0 aliphatic rings. The summed E-state index contributed by atoms with van der Waals surface area (Å²) in [7, 11) is 0. The summed E-state index contributed by atoms with van der Waals surface area (Å²) in [6.45, 7) is 7.14. The van der Waals surface area contributed by atoms with E-state index in [2.05, 4.69) is 43.4 Å². The second-order valence-corrected chi connectivity index (χ2v) is 5.06. The lowest BCUT2D eigenvalue weighted by atomic mass is 9.97. The maximum atomic E-state index is 9.63. The molecule has 2 atom stereocenters. The van der Waals surface area contributed by atoms with E-state index in [0.29, 0.717) is 18.5 Å². The van der Waals surface area contributed by atoms with Crippen molar-refractivity contribution in [2.75, 3.05) is 6.54 Å². The van der Waals surface area contributed by atoms with Gasteiger partial charge in [-0.3, -0.25) is 0 Å². The fourth-order valence-electron chi connectivity index (χ4n) is 1.92. The molecule has 96 valence electrons. The molecule has 0 bridgehead atoms. The normalized spacial score (nSPS) is 14.9.